The fraction of sp³-hybridized carbons (Fsp3) is 0.263. The number of carboxylic acids is 1. The molecule has 0 atom stereocenters. The maximum Gasteiger partial charge on any atom is 0.341 e. The zero-order valence-corrected chi connectivity index (χ0v) is 14.5. The lowest BCUT2D eigenvalue weighted by molar-refractivity contribution is -0.139. The summed E-state index contributed by atoms with van der Waals surface area (Å²) in [6, 6.07) is 12.4. The standard InChI is InChI=1S/C19H21NO5/c1-13-5-4-6-14(2)19(13)25-11-17(21)20(3)15-7-9-16(10-8-15)24-12-18(22)23/h4-10H,11-12H2,1-3H3,(H,22,23). The minimum atomic E-state index is -1.04. The van der Waals surface area contributed by atoms with Gasteiger partial charge in [0.1, 0.15) is 11.5 Å². The Morgan fingerprint density at radius 2 is 1.56 bits per heavy atom. The maximum absolute atomic E-state index is 12.3. The molecule has 0 bridgehead atoms. The van der Waals surface area contributed by atoms with Gasteiger partial charge in [-0.3, -0.25) is 4.79 Å². The van der Waals surface area contributed by atoms with Crippen molar-refractivity contribution in [1.82, 2.24) is 0 Å². The SMILES string of the molecule is Cc1cccc(C)c1OCC(=O)N(C)c1ccc(OCC(=O)O)cc1. The highest BCUT2D eigenvalue weighted by Gasteiger charge is 2.13. The third kappa shape index (κ3) is 4.97. The molecule has 0 aromatic heterocycles. The Kier molecular flexibility index (Phi) is 6.00. The van der Waals surface area contributed by atoms with Crippen molar-refractivity contribution in [2.24, 2.45) is 0 Å². The number of carbonyl (C=O) groups is 2. The Morgan fingerprint density at radius 1 is 0.960 bits per heavy atom. The summed E-state index contributed by atoms with van der Waals surface area (Å²) in [7, 11) is 1.66. The van der Waals surface area contributed by atoms with Crippen LogP contribution in [-0.2, 0) is 9.59 Å². The predicted molar refractivity (Wildman–Crippen MR) is 94.4 cm³/mol. The highest BCUT2D eigenvalue weighted by atomic mass is 16.5. The molecule has 2 rings (SSSR count). The third-order valence-corrected chi connectivity index (χ3v) is 3.71. The highest BCUT2D eigenvalue weighted by Crippen LogP contribution is 2.23. The van der Waals surface area contributed by atoms with E-state index in [4.69, 9.17) is 14.6 Å². The summed E-state index contributed by atoms with van der Waals surface area (Å²) in [4.78, 5) is 24.3. The smallest absolute Gasteiger partial charge is 0.341 e. The van der Waals surface area contributed by atoms with E-state index < -0.39 is 12.6 Å². The van der Waals surface area contributed by atoms with Gasteiger partial charge in [-0.25, -0.2) is 4.79 Å². The molecule has 0 aliphatic rings. The Bertz CT molecular complexity index is 735. The zero-order valence-electron chi connectivity index (χ0n) is 14.5. The van der Waals surface area contributed by atoms with Gasteiger partial charge in [0.05, 0.1) is 0 Å². The van der Waals surface area contributed by atoms with Gasteiger partial charge < -0.3 is 19.5 Å². The summed E-state index contributed by atoms with van der Waals surface area (Å²) in [5.74, 6) is -0.0812. The molecule has 0 saturated carbocycles. The van der Waals surface area contributed by atoms with Crippen molar-refractivity contribution in [2.45, 2.75) is 13.8 Å². The highest BCUT2D eigenvalue weighted by molar-refractivity contribution is 5.94. The summed E-state index contributed by atoms with van der Waals surface area (Å²) in [6.07, 6.45) is 0. The first-order chi connectivity index (χ1) is 11.9. The molecule has 0 radical (unpaired) electrons. The van der Waals surface area contributed by atoms with E-state index in [0.29, 0.717) is 11.4 Å². The number of aliphatic carboxylic acids is 1. The fourth-order valence-electron chi connectivity index (χ4n) is 2.31. The Hall–Kier alpha value is -3.02. The monoisotopic (exact) mass is 343 g/mol. The number of anilines is 1. The van der Waals surface area contributed by atoms with E-state index in [2.05, 4.69) is 0 Å². The van der Waals surface area contributed by atoms with E-state index >= 15 is 0 Å². The first-order valence-corrected chi connectivity index (χ1v) is 7.78. The molecule has 6 heteroatoms. The van der Waals surface area contributed by atoms with E-state index in [1.165, 1.54) is 4.90 Å². The van der Waals surface area contributed by atoms with E-state index in [9.17, 15) is 9.59 Å². The molecule has 0 heterocycles. The van der Waals surface area contributed by atoms with Crippen LogP contribution in [0, 0.1) is 13.8 Å². The summed E-state index contributed by atoms with van der Waals surface area (Å²) in [5, 5.41) is 8.59. The van der Waals surface area contributed by atoms with Crippen LogP contribution < -0.4 is 14.4 Å². The molecule has 1 amide bonds. The Balaban J connectivity index is 1.96. The van der Waals surface area contributed by atoms with Crippen LogP contribution in [0.15, 0.2) is 42.5 Å². The van der Waals surface area contributed by atoms with Crippen LogP contribution in [-0.4, -0.2) is 37.2 Å². The molecule has 0 fully saturated rings. The van der Waals surface area contributed by atoms with E-state index in [-0.39, 0.29) is 12.5 Å². The first kappa shape index (κ1) is 18.3. The summed E-state index contributed by atoms with van der Waals surface area (Å²) >= 11 is 0. The zero-order chi connectivity index (χ0) is 18.4. The second-order valence-corrected chi connectivity index (χ2v) is 5.64. The molecule has 2 aromatic carbocycles. The number of benzene rings is 2. The first-order valence-electron chi connectivity index (χ1n) is 7.78. The van der Waals surface area contributed by atoms with Crippen molar-refractivity contribution in [3.05, 3.63) is 53.6 Å². The summed E-state index contributed by atoms with van der Waals surface area (Å²) < 4.78 is 10.7. The van der Waals surface area contributed by atoms with Crippen molar-refractivity contribution >= 4 is 17.6 Å². The average molecular weight is 343 g/mol. The van der Waals surface area contributed by atoms with Gasteiger partial charge >= 0.3 is 5.97 Å². The number of carboxylic acid groups (broad SMARTS) is 1. The van der Waals surface area contributed by atoms with Crippen molar-refractivity contribution in [2.75, 3.05) is 25.2 Å². The van der Waals surface area contributed by atoms with Gasteiger partial charge in [0, 0.05) is 12.7 Å². The number of ether oxygens (including phenoxy) is 2. The second-order valence-electron chi connectivity index (χ2n) is 5.64. The molecule has 0 saturated heterocycles. The molecule has 0 spiro atoms. The van der Waals surface area contributed by atoms with E-state index in [0.717, 1.165) is 16.9 Å². The van der Waals surface area contributed by atoms with Gasteiger partial charge in [-0.05, 0) is 49.2 Å². The molecule has 2 aromatic rings. The number of hydrogen-bond donors (Lipinski definition) is 1. The number of likely N-dealkylation sites (N-methyl/N-ethyl adjacent to an activating group) is 1. The lowest BCUT2D eigenvalue weighted by Gasteiger charge is -2.19. The minimum absolute atomic E-state index is 0.0700. The van der Waals surface area contributed by atoms with Gasteiger partial charge in [0.15, 0.2) is 13.2 Å². The topological polar surface area (TPSA) is 76.1 Å². The number of nitrogens with zero attached hydrogens (tertiary/aromatic N) is 1. The molecular formula is C19H21NO5. The predicted octanol–water partition coefficient (Wildman–Crippen LogP) is 2.81. The van der Waals surface area contributed by atoms with Crippen LogP contribution in [0.3, 0.4) is 0 Å². The Morgan fingerprint density at radius 3 is 2.12 bits per heavy atom. The largest absolute Gasteiger partial charge is 0.483 e. The fourth-order valence-corrected chi connectivity index (χ4v) is 2.31. The minimum Gasteiger partial charge on any atom is -0.483 e. The number of hydrogen-bond acceptors (Lipinski definition) is 4. The van der Waals surface area contributed by atoms with Gasteiger partial charge in [0.25, 0.3) is 5.91 Å². The van der Waals surface area contributed by atoms with Crippen LogP contribution >= 0.6 is 0 Å². The van der Waals surface area contributed by atoms with Crippen molar-refractivity contribution in [3.63, 3.8) is 0 Å². The second kappa shape index (κ2) is 8.19. The van der Waals surface area contributed by atoms with E-state index in [1.54, 1.807) is 31.3 Å². The maximum atomic E-state index is 12.3. The number of rotatable bonds is 7. The molecule has 25 heavy (non-hydrogen) atoms. The van der Waals surface area contributed by atoms with Gasteiger partial charge in [-0.15, -0.1) is 0 Å². The average Bonchev–Trinajstić information content (AvgIpc) is 2.59. The molecule has 0 aliphatic carbocycles. The third-order valence-electron chi connectivity index (χ3n) is 3.71. The summed E-state index contributed by atoms with van der Waals surface area (Å²) in [6.45, 7) is 3.40. The van der Waals surface area contributed by atoms with Gasteiger partial charge in [0.2, 0.25) is 0 Å². The molecule has 132 valence electrons. The molecular weight excluding hydrogens is 322 g/mol. The van der Waals surface area contributed by atoms with Gasteiger partial charge in [-0.2, -0.15) is 0 Å². The quantitative estimate of drug-likeness (QED) is 0.836. The lowest BCUT2D eigenvalue weighted by Crippen LogP contribution is -2.31. The molecule has 1 N–H and O–H groups in total. The van der Waals surface area contributed by atoms with Crippen LogP contribution in [0.25, 0.3) is 0 Å². The van der Waals surface area contributed by atoms with Crippen molar-refractivity contribution in [1.29, 1.82) is 0 Å². The van der Waals surface area contributed by atoms with E-state index in [1.807, 2.05) is 32.0 Å². The van der Waals surface area contributed by atoms with Crippen molar-refractivity contribution < 1.29 is 24.2 Å². The van der Waals surface area contributed by atoms with Crippen LogP contribution in [0.1, 0.15) is 11.1 Å². The number of aryl methyl sites for hydroxylation is 2. The molecule has 0 unspecified atom stereocenters. The number of para-hydroxylation sites is 1. The Labute approximate surface area is 146 Å². The van der Waals surface area contributed by atoms with Crippen LogP contribution in [0.2, 0.25) is 0 Å². The molecule has 0 aliphatic heterocycles. The van der Waals surface area contributed by atoms with Crippen molar-refractivity contribution in [3.8, 4) is 11.5 Å². The number of carbonyl (C=O) groups excluding carboxylic acids is 1. The van der Waals surface area contributed by atoms with Crippen LogP contribution in [0.4, 0.5) is 5.69 Å². The number of amides is 1. The van der Waals surface area contributed by atoms with Gasteiger partial charge in [-0.1, -0.05) is 18.2 Å². The lowest BCUT2D eigenvalue weighted by atomic mass is 10.1. The van der Waals surface area contributed by atoms with Crippen LogP contribution in [0.5, 0.6) is 11.5 Å². The molecule has 6 nitrogen and oxygen atoms in total. The summed E-state index contributed by atoms with van der Waals surface area (Å²) in [5.41, 5.74) is 2.63. The normalized spacial score (nSPS) is 10.2.